The number of carbonyl (C=O) groups excluding carboxylic acids is 1. The summed E-state index contributed by atoms with van der Waals surface area (Å²) in [6, 6.07) is 10.8. The fraction of sp³-hybridized carbons (Fsp3) is 0.263. The van der Waals surface area contributed by atoms with Gasteiger partial charge in [-0.1, -0.05) is 18.2 Å². The quantitative estimate of drug-likeness (QED) is 0.873. The van der Waals surface area contributed by atoms with Crippen molar-refractivity contribution >= 4 is 11.9 Å². The van der Waals surface area contributed by atoms with E-state index in [2.05, 4.69) is 5.32 Å². The monoisotopic (exact) mass is 341 g/mol. The Morgan fingerprint density at radius 1 is 1.24 bits per heavy atom. The second-order valence-electron chi connectivity index (χ2n) is 6.00. The Bertz CT molecular complexity index is 807. The summed E-state index contributed by atoms with van der Waals surface area (Å²) in [7, 11) is 0. The van der Waals surface area contributed by atoms with Gasteiger partial charge >= 0.3 is 5.97 Å². The van der Waals surface area contributed by atoms with E-state index in [4.69, 9.17) is 14.6 Å². The lowest BCUT2D eigenvalue weighted by molar-refractivity contribution is -0.139. The summed E-state index contributed by atoms with van der Waals surface area (Å²) in [5.74, 6) is 0.0351. The fourth-order valence-electron chi connectivity index (χ4n) is 2.97. The van der Waals surface area contributed by atoms with E-state index >= 15 is 0 Å². The van der Waals surface area contributed by atoms with Crippen LogP contribution in [0, 0.1) is 13.8 Å². The lowest BCUT2D eigenvalue weighted by Crippen LogP contribution is -2.29. The third-order valence-electron chi connectivity index (χ3n) is 4.07. The van der Waals surface area contributed by atoms with Gasteiger partial charge in [0, 0.05) is 11.1 Å². The smallest absolute Gasteiger partial charge is 0.341 e. The van der Waals surface area contributed by atoms with Gasteiger partial charge in [0.05, 0.1) is 6.04 Å². The van der Waals surface area contributed by atoms with E-state index in [0.29, 0.717) is 17.9 Å². The van der Waals surface area contributed by atoms with Crippen LogP contribution in [0.15, 0.2) is 36.4 Å². The molecule has 0 saturated carbocycles. The number of carboxylic acids is 1. The number of aryl methyl sites for hydroxylation is 2. The average Bonchev–Trinajstić information content (AvgIpc) is 2.97. The van der Waals surface area contributed by atoms with Crippen LogP contribution in [0.3, 0.4) is 0 Å². The zero-order valence-corrected chi connectivity index (χ0v) is 14.0. The maximum Gasteiger partial charge on any atom is 0.341 e. The second-order valence-corrected chi connectivity index (χ2v) is 6.00. The number of carboxylic acid groups (broad SMARTS) is 1. The lowest BCUT2D eigenvalue weighted by Gasteiger charge is -2.15. The topological polar surface area (TPSA) is 84.9 Å². The Labute approximate surface area is 145 Å². The molecule has 1 aliphatic heterocycles. The average molecular weight is 341 g/mol. The van der Waals surface area contributed by atoms with Gasteiger partial charge < -0.3 is 19.9 Å². The van der Waals surface area contributed by atoms with Gasteiger partial charge in [0.1, 0.15) is 18.1 Å². The van der Waals surface area contributed by atoms with Gasteiger partial charge in [-0.05, 0) is 43.2 Å². The number of amides is 1. The van der Waals surface area contributed by atoms with E-state index in [9.17, 15) is 9.59 Å². The molecule has 1 atom stereocenters. The standard InChI is InChI=1S/C19H19NO5/c1-11-7-13(8-12(2)18(11)25-10-17(21)22)19(23)20-15-9-24-16-6-4-3-5-14(15)16/h3-8,15H,9-10H2,1-2H3,(H,20,23)(H,21,22)/t15-/m1/s1. The highest BCUT2D eigenvalue weighted by Crippen LogP contribution is 2.32. The maximum atomic E-state index is 12.6. The first-order chi connectivity index (χ1) is 12.0. The van der Waals surface area contributed by atoms with E-state index < -0.39 is 12.6 Å². The summed E-state index contributed by atoms with van der Waals surface area (Å²) in [6.07, 6.45) is 0. The second kappa shape index (κ2) is 6.84. The number of rotatable bonds is 5. The molecule has 0 saturated heterocycles. The van der Waals surface area contributed by atoms with E-state index in [1.54, 1.807) is 26.0 Å². The van der Waals surface area contributed by atoms with Crippen molar-refractivity contribution in [3.8, 4) is 11.5 Å². The van der Waals surface area contributed by atoms with Crippen molar-refractivity contribution in [2.24, 2.45) is 0 Å². The van der Waals surface area contributed by atoms with Crippen molar-refractivity contribution in [3.63, 3.8) is 0 Å². The molecule has 0 aliphatic carbocycles. The number of para-hydroxylation sites is 1. The SMILES string of the molecule is Cc1cc(C(=O)N[C@@H]2COc3ccccc32)cc(C)c1OCC(=O)O. The summed E-state index contributed by atoms with van der Waals surface area (Å²) in [5.41, 5.74) is 2.90. The Balaban J connectivity index is 1.76. The van der Waals surface area contributed by atoms with Gasteiger partial charge in [0.2, 0.25) is 0 Å². The number of benzene rings is 2. The van der Waals surface area contributed by atoms with Crippen LogP contribution in [0.5, 0.6) is 11.5 Å². The molecule has 130 valence electrons. The van der Waals surface area contributed by atoms with Gasteiger partial charge in [0.25, 0.3) is 5.91 Å². The normalized spacial score (nSPS) is 15.2. The number of hydrogen-bond acceptors (Lipinski definition) is 4. The van der Waals surface area contributed by atoms with Crippen molar-refractivity contribution in [2.75, 3.05) is 13.2 Å². The third-order valence-corrected chi connectivity index (χ3v) is 4.07. The first-order valence-corrected chi connectivity index (χ1v) is 7.94. The van der Waals surface area contributed by atoms with Crippen molar-refractivity contribution in [1.29, 1.82) is 0 Å². The summed E-state index contributed by atoms with van der Waals surface area (Å²) in [4.78, 5) is 23.3. The van der Waals surface area contributed by atoms with Gasteiger partial charge in [-0.25, -0.2) is 4.79 Å². The van der Waals surface area contributed by atoms with Crippen LogP contribution < -0.4 is 14.8 Å². The molecule has 25 heavy (non-hydrogen) atoms. The molecule has 2 aromatic rings. The van der Waals surface area contributed by atoms with E-state index in [-0.39, 0.29) is 11.9 Å². The van der Waals surface area contributed by atoms with Crippen LogP contribution >= 0.6 is 0 Å². The third kappa shape index (κ3) is 3.57. The number of fused-ring (bicyclic) bond motifs is 1. The van der Waals surface area contributed by atoms with Crippen LogP contribution in [0.4, 0.5) is 0 Å². The fourth-order valence-corrected chi connectivity index (χ4v) is 2.97. The van der Waals surface area contributed by atoms with Crippen LogP contribution in [-0.2, 0) is 4.79 Å². The molecule has 3 rings (SSSR count). The number of nitrogens with one attached hydrogen (secondary N) is 1. The van der Waals surface area contributed by atoms with Crippen molar-refractivity contribution in [1.82, 2.24) is 5.32 Å². The molecule has 2 N–H and O–H groups in total. The van der Waals surface area contributed by atoms with Gasteiger partial charge in [-0.3, -0.25) is 4.79 Å². The Morgan fingerprint density at radius 2 is 1.92 bits per heavy atom. The summed E-state index contributed by atoms with van der Waals surface area (Å²) < 4.78 is 10.9. The number of carbonyl (C=O) groups is 2. The van der Waals surface area contributed by atoms with Gasteiger partial charge in [-0.2, -0.15) is 0 Å². The van der Waals surface area contributed by atoms with E-state index in [0.717, 1.165) is 22.4 Å². The van der Waals surface area contributed by atoms with Gasteiger partial charge in [-0.15, -0.1) is 0 Å². The molecule has 0 unspecified atom stereocenters. The minimum absolute atomic E-state index is 0.188. The lowest BCUT2D eigenvalue weighted by atomic mass is 10.0. The molecule has 0 spiro atoms. The predicted octanol–water partition coefficient (Wildman–Crippen LogP) is 2.63. The van der Waals surface area contributed by atoms with Crippen LogP contribution in [-0.4, -0.2) is 30.2 Å². The predicted molar refractivity (Wildman–Crippen MR) is 91.2 cm³/mol. The van der Waals surface area contributed by atoms with Crippen LogP contribution in [0.2, 0.25) is 0 Å². The van der Waals surface area contributed by atoms with Crippen molar-refractivity contribution in [2.45, 2.75) is 19.9 Å². The van der Waals surface area contributed by atoms with E-state index in [1.165, 1.54) is 0 Å². The van der Waals surface area contributed by atoms with Crippen LogP contribution in [0.25, 0.3) is 0 Å². The maximum absolute atomic E-state index is 12.6. The molecule has 1 heterocycles. The van der Waals surface area contributed by atoms with Crippen molar-refractivity contribution < 1.29 is 24.2 Å². The molecule has 1 amide bonds. The Morgan fingerprint density at radius 3 is 2.60 bits per heavy atom. The molecule has 0 fully saturated rings. The number of aliphatic carboxylic acids is 1. The summed E-state index contributed by atoms with van der Waals surface area (Å²) in [6.45, 7) is 3.57. The molecule has 0 aromatic heterocycles. The minimum atomic E-state index is -1.04. The highest BCUT2D eigenvalue weighted by molar-refractivity contribution is 5.95. The molecule has 2 aromatic carbocycles. The first kappa shape index (κ1) is 16.8. The van der Waals surface area contributed by atoms with E-state index in [1.807, 2.05) is 24.3 Å². The minimum Gasteiger partial charge on any atom is -0.491 e. The number of hydrogen-bond donors (Lipinski definition) is 2. The Hall–Kier alpha value is -3.02. The first-order valence-electron chi connectivity index (χ1n) is 7.94. The molecule has 1 aliphatic rings. The molecule has 6 heteroatoms. The zero-order chi connectivity index (χ0) is 18.0. The largest absolute Gasteiger partial charge is 0.491 e. The zero-order valence-electron chi connectivity index (χ0n) is 14.0. The molecular formula is C19H19NO5. The highest BCUT2D eigenvalue weighted by Gasteiger charge is 2.25. The molecular weight excluding hydrogens is 322 g/mol. The molecule has 6 nitrogen and oxygen atoms in total. The highest BCUT2D eigenvalue weighted by atomic mass is 16.5. The summed E-state index contributed by atoms with van der Waals surface area (Å²) >= 11 is 0. The Kier molecular flexibility index (Phi) is 4.61. The molecule has 0 bridgehead atoms. The summed E-state index contributed by atoms with van der Waals surface area (Å²) in [5, 5.41) is 11.7. The number of ether oxygens (including phenoxy) is 2. The van der Waals surface area contributed by atoms with Crippen LogP contribution in [0.1, 0.15) is 33.1 Å². The van der Waals surface area contributed by atoms with Gasteiger partial charge in [0.15, 0.2) is 6.61 Å². The molecule has 0 radical (unpaired) electrons. The van der Waals surface area contributed by atoms with Crippen molar-refractivity contribution in [3.05, 3.63) is 58.7 Å².